The van der Waals surface area contributed by atoms with E-state index in [1.54, 1.807) is 39.0 Å². The molecule has 0 aliphatic heterocycles. The minimum Gasteiger partial charge on any atom is -0.322 e. The Labute approximate surface area is 158 Å². The van der Waals surface area contributed by atoms with Gasteiger partial charge in [-0.25, -0.2) is 13.4 Å². The van der Waals surface area contributed by atoms with E-state index in [0.717, 1.165) is 10.7 Å². The van der Waals surface area contributed by atoms with Gasteiger partial charge in [-0.15, -0.1) is 11.3 Å². The smallest absolute Gasteiger partial charge is 0.248 e. The second kappa shape index (κ2) is 8.57. The third-order valence-electron chi connectivity index (χ3n) is 3.82. The lowest BCUT2D eigenvalue weighted by atomic mass is 10.2. The molecule has 0 aliphatic carbocycles. The Kier molecular flexibility index (Phi) is 6.69. The molecule has 1 N–H and O–H groups in total. The molecule has 6 nitrogen and oxygen atoms in total. The standard InChI is InChI=1S/C18H23N3O3S2/c1-5-21(6-2)26(23,24)17-11-15(8-7-13(17)3)20-18(22)10-9-16-12-25-14(4)19-16/h7-12H,5-6H2,1-4H3,(H,20,22)/b10-9+. The molecule has 0 spiro atoms. The van der Waals surface area contributed by atoms with Gasteiger partial charge in [-0.3, -0.25) is 4.79 Å². The number of hydrogen-bond acceptors (Lipinski definition) is 5. The predicted molar refractivity (Wildman–Crippen MR) is 106 cm³/mol. The van der Waals surface area contributed by atoms with Crippen LogP contribution in [0, 0.1) is 13.8 Å². The normalized spacial score (nSPS) is 12.0. The van der Waals surface area contributed by atoms with E-state index in [0.29, 0.717) is 24.3 Å². The summed E-state index contributed by atoms with van der Waals surface area (Å²) in [5.74, 6) is -0.342. The van der Waals surface area contributed by atoms with E-state index in [-0.39, 0.29) is 10.8 Å². The van der Waals surface area contributed by atoms with Gasteiger partial charge in [0.2, 0.25) is 15.9 Å². The van der Waals surface area contributed by atoms with Crippen LogP contribution in [0.2, 0.25) is 0 Å². The highest BCUT2D eigenvalue weighted by Gasteiger charge is 2.23. The van der Waals surface area contributed by atoms with Crippen LogP contribution in [0.4, 0.5) is 5.69 Å². The van der Waals surface area contributed by atoms with Gasteiger partial charge in [0.1, 0.15) is 0 Å². The fraction of sp³-hybridized carbons (Fsp3) is 0.333. The highest BCUT2D eigenvalue weighted by Crippen LogP contribution is 2.23. The van der Waals surface area contributed by atoms with Crippen molar-refractivity contribution in [3.05, 3.63) is 45.9 Å². The van der Waals surface area contributed by atoms with Crippen LogP contribution in [0.3, 0.4) is 0 Å². The molecule has 0 radical (unpaired) electrons. The maximum Gasteiger partial charge on any atom is 0.248 e. The number of carbonyl (C=O) groups is 1. The lowest BCUT2D eigenvalue weighted by Gasteiger charge is -2.20. The molecule has 0 unspecified atom stereocenters. The van der Waals surface area contributed by atoms with E-state index in [1.807, 2.05) is 12.3 Å². The zero-order valence-corrected chi connectivity index (χ0v) is 16.9. The Hall–Kier alpha value is -2.03. The van der Waals surface area contributed by atoms with E-state index in [1.165, 1.54) is 27.8 Å². The van der Waals surface area contributed by atoms with Gasteiger partial charge < -0.3 is 5.32 Å². The van der Waals surface area contributed by atoms with Crippen LogP contribution in [0.1, 0.15) is 30.1 Å². The van der Waals surface area contributed by atoms with E-state index in [9.17, 15) is 13.2 Å². The maximum atomic E-state index is 12.8. The van der Waals surface area contributed by atoms with Crippen molar-refractivity contribution >= 4 is 39.0 Å². The molecule has 1 aromatic heterocycles. The number of thiazole rings is 1. The Morgan fingerprint density at radius 3 is 2.54 bits per heavy atom. The Bertz CT molecular complexity index is 914. The highest BCUT2D eigenvalue weighted by molar-refractivity contribution is 7.89. The molecule has 140 valence electrons. The van der Waals surface area contributed by atoms with Crippen LogP contribution in [0.5, 0.6) is 0 Å². The van der Waals surface area contributed by atoms with E-state index in [4.69, 9.17) is 0 Å². The lowest BCUT2D eigenvalue weighted by Crippen LogP contribution is -2.31. The number of amides is 1. The number of nitrogens with zero attached hydrogens (tertiary/aromatic N) is 2. The Morgan fingerprint density at radius 2 is 1.96 bits per heavy atom. The molecular formula is C18H23N3O3S2. The average Bonchev–Trinajstić information content (AvgIpc) is 3.01. The van der Waals surface area contributed by atoms with Gasteiger partial charge in [-0.05, 0) is 37.6 Å². The minimum absolute atomic E-state index is 0.207. The van der Waals surface area contributed by atoms with Crippen molar-refractivity contribution in [1.82, 2.24) is 9.29 Å². The van der Waals surface area contributed by atoms with Gasteiger partial charge in [0.05, 0.1) is 15.6 Å². The molecular weight excluding hydrogens is 370 g/mol. The molecule has 1 heterocycles. The summed E-state index contributed by atoms with van der Waals surface area (Å²) in [6.07, 6.45) is 3.01. The van der Waals surface area contributed by atoms with E-state index >= 15 is 0 Å². The number of benzene rings is 1. The van der Waals surface area contributed by atoms with Crippen LogP contribution < -0.4 is 5.32 Å². The summed E-state index contributed by atoms with van der Waals surface area (Å²) < 4.78 is 26.9. The molecule has 2 rings (SSSR count). The average molecular weight is 394 g/mol. The number of aromatic nitrogens is 1. The number of sulfonamides is 1. The first-order chi connectivity index (χ1) is 12.3. The van der Waals surface area contributed by atoms with Crippen LogP contribution in [0.15, 0.2) is 34.6 Å². The van der Waals surface area contributed by atoms with Gasteiger partial charge in [0.15, 0.2) is 0 Å². The topological polar surface area (TPSA) is 79.4 Å². The molecule has 0 saturated heterocycles. The van der Waals surface area contributed by atoms with Crippen LogP contribution >= 0.6 is 11.3 Å². The molecule has 0 bridgehead atoms. The largest absolute Gasteiger partial charge is 0.322 e. The third kappa shape index (κ3) is 4.78. The van der Waals surface area contributed by atoms with Gasteiger partial charge in [0.25, 0.3) is 0 Å². The molecule has 2 aromatic rings. The van der Waals surface area contributed by atoms with Crippen molar-refractivity contribution in [2.45, 2.75) is 32.6 Å². The summed E-state index contributed by atoms with van der Waals surface area (Å²) in [6.45, 7) is 8.02. The number of aryl methyl sites for hydroxylation is 2. The number of nitrogens with one attached hydrogen (secondary N) is 1. The number of carbonyl (C=O) groups excluding carboxylic acids is 1. The molecule has 0 saturated carbocycles. The predicted octanol–water partition coefficient (Wildman–Crippen LogP) is 3.44. The van der Waals surface area contributed by atoms with Crippen LogP contribution in [-0.2, 0) is 14.8 Å². The van der Waals surface area contributed by atoms with Gasteiger partial charge in [-0.2, -0.15) is 4.31 Å². The summed E-state index contributed by atoms with van der Waals surface area (Å²) >= 11 is 1.51. The summed E-state index contributed by atoms with van der Waals surface area (Å²) in [6, 6.07) is 4.89. The van der Waals surface area contributed by atoms with E-state index in [2.05, 4.69) is 10.3 Å². The fourth-order valence-corrected chi connectivity index (χ4v) is 4.75. The summed E-state index contributed by atoms with van der Waals surface area (Å²) in [7, 11) is -3.59. The number of anilines is 1. The monoisotopic (exact) mass is 393 g/mol. The molecule has 8 heteroatoms. The van der Waals surface area contributed by atoms with Crippen LogP contribution in [-0.4, -0.2) is 36.7 Å². The van der Waals surface area contributed by atoms with Crippen molar-refractivity contribution in [3.8, 4) is 0 Å². The van der Waals surface area contributed by atoms with Crippen molar-refractivity contribution in [2.24, 2.45) is 0 Å². The molecule has 26 heavy (non-hydrogen) atoms. The fourth-order valence-electron chi connectivity index (χ4n) is 2.46. The Balaban J connectivity index is 2.21. The Morgan fingerprint density at radius 1 is 1.27 bits per heavy atom. The lowest BCUT2D eigenvalue weighted by molar-refractivity contribution is -0.111. The van der Waals surface area contributed by atoms with Crippen molar-refractivity contribution < 1.29 is 13.2 Å². The third-order valence-corrected chi connectivity index (χ3v) is 6.80. The van der Waals surface area contributed by atoms with Gasteiger partial charge in [-0.1, -0.05) is 19.9 Å². The number of rotatable bonds is 7. The second-order valence-electron chi connectivity index (χ2n) is 5.68. The zero-order chi connectivity index (χ0) is 19.3. The zero-order valence-electron chi connectivity index (χ0n) is 15.3. The molecule has 1 amide bonds. The van der Waals surface area contributed by atoms with Gasteiger partial charge in [0, 0.05) is 30.2 Å². The minimum atomic E-state index is -3.59. The van der Waals surface area contributed by atoms with Crippen molar-refractivity contribution in [1.29, 1.82) is 0 Å². The van der Waals surface area contributed by atoms with E-state index < -0.39 is 10.0 Å². The highest BCUT2D eigenvalue weighted by atomic mass is 32.2. The molecule has 0 atom stereocenters. The first kappa shape index (κ1) is 20.3. The number of hydrogen-bond donors (Lipinski definition) is 1. The molecule has 0 aliphatic rings. The van der Waals surface area contributed by atoms with Crippen LogP contribution in [0.25, 0.3) is 6.08 Å². The van der Waals surface area contributed by atoms with Crippen molar-refractivity contribution in [2.75, 3.05) is 18.4 Å². The summed E-state index contributed by atoms with van der Waals surface area (Å²) in [5, 5.41) is 5.49. The van der Waals surface area contributed by atoms with Gasteiger partial charge >= 0.3 is 0 Å². The maximum absolute atomic E-state index is 12.8. The molecule has 0 fully saturated rings. The summed E-state index contributed by atoms with van der Waals surface area (Å²) in [5.41, 5.74) is 1.80. The second-order valence-corrected chi connectivity index (χ2v) is 8.65. The first-order valence-corrected chi connectivity index (χ1v) is 10.6. The molecule has 1 aromatic carbocycles. The quantitative estimate of drug-likeness (QED) is 0.731. The first-order valence-electron chi connectivity index (χ1n) is 8.30. The summed E-state index contributed by atoms with van der Waals surface area (Å²) in [4.78, 5) is 16.6. The SMILES string of the molecule is CCN(CC)S(=O)(=O)c1cc(NC(=O)/C=C/c2csc(C)n2)ccc1C. The van der Waals surface area contributed by atoms with Crippen molar-refractivity contribution in [3.63, 3.8) is 0 Å².